The van der Waals surface area contributed by atoms with Crippen LogP contribution in [0.5, 0.6) is 5.75 Å². The highest BCUT2D eigenvalue weighted by molar-refractivity contribution is 7.98. The van der Waals surface area contributed by atoms with Crippen molar-refractivity contribution in [3.8, 4) is 11.4 Å². The van der Waals surface area contributed by atoms with E-state index in [2.05, 4.69) is 36.2 Å². The molecule has 0 amide bonds. The van der Waals surface area contributed by atoms with Crippen LogP contribution in [-0.4, -0.2) is 32.4 Å². The van der Waals surface area contributed by atoms with Crippen LogP contribution in [0.1, 0.15) is 29.9 Å². The largest absolute Gasteiger partial charge is 0.497 e. The Hall–Kier alpha value is -3.14. The summed E-state index contributed by atoms with van der Waals surface area (Å²) in [7, 11) is 1.63. The van der Waals surface area contributed by atoms with Crippen LogP contribution in [-0.2, 0) is 23.5 Å². The maximum absolute atomic E-state index is 14.1. The highest BCUT2D eigenvalue weighted by atomic mass is 32.2. The SMILES string of the molecule is COc1ccc(-n2c(=O)c3c4c(sc3n3c(SCc5ccccc5)nnc23)COC(C(C)C)C4)cc1. The highest BCUT2D eigenvalue weighted by Gasteiger charge is 2.30. The lowest BCUT2D eigenvalue weighted by atomic mass is 9.96. The fourth-order valence-electron chi connectivity index (χ4n) is 4.65. The third-order valence-corrected chi connectivity index (χ3v) is 8.82. The molecule has 3 aromatic heterocycles. The molecule has 0 saturated carbocycles. The average molecular weight is 519 g/mol. The second-order valence-electron chi connectivity index (χ2n) is 9.21. The van der Waals surface area contributed by atoms with Crippen molar-refractivity contribution in [2.75, 3.05) is 7.11 Å². The standard InChI is InChI=1S/C27H26N4O3S2/c1-16(2)21-13-20-22(14-34-21)36-25-23(20)24(32)30(18-9-11-19(33-3)12-10-18)26-28-29-27(31(25)26)35-15-17-7-5-4-6-8-17/h4-12,16,21H,13-15H2,1-3H3. The first kappa shape index (κ1) is 23.3. The number of hydrogen-bond donors (Lipinski definition) is 0. The third-order valence-electron chi connectivity index (χ3n) is 6.63. The molecule has 0 fully saturated rings. The number of rotatable bonds is 6. The molecule has 184 valence electrons. The van der Waals surface area contributed by atoms with Crippen LogP contribution in [0.25, 0.3) is 21.7 Å². The van der Waals surface area contributed by atoms with Gasteiger partial charge in [0.25, 0.3) is 5.56 Å². The fourth-order valence-corrected chi connectivity index (χ4v) is 6.83. The van der Waals surface area contributed by atoms with Crippen LogP contribution in [0.15, 0.2) is 64.5 Å². The van der Waals surface area contributed by atoms with E-state index in [1.807, 2.05) is 46.9 Å². The zero-order chi connectivity index (χ0) is 24.8. The number of hydrogen-bond acceptors (Lipinski definition) is 7. The molecule has 4 heterocycles. The van der Waals surface area contributed by atoms with E-state index in [1.54, 1.807) is 34.8 Å². The Morgan fingerprint density at radius 2 is 1.92 bits per heavy atom. The van der Waals surface area contributed by atoms with Crippen molar-refractivity contribution >= 4 is 39.1 Å². The van der Waals surface area contributed by atoms with Crippen molar-refractivity contribution in [2.24, 2.45) is 5.92 Å². The van der Waals surface area contributed by atoms with E-state index in [-0.39, 0.29) is 11.7 Å². The predicted molar refractivity (Wildman–Crippen MR) is 144 cm³/mol. The van der Waals surface area contributed by atoms with Crippen LogP contribution in [0.4, 0.5) is 0 Å². The van der Waals surface area contributed by atoms with Gasteiger partial charge in [0.05, 0.1) is 30.9 Å². The number of thioether (sulfide) groups is 1. The van der Waals surface area contributed by atoms with E-state index < -0.39 is 0 Å². The quantitative estimate of drug-likeness (QED) is 0.277. The fraction of sp³-hybridized carbons (Fsp3) is 0.296. The van der Waals surface area contributed by atoms with Gasteiger partial charge in [-0.2, -0.15) is 0 Å². The predicted octanol–water partition coefficient (Wildman–Crippen LogP) is 5.49. The summed E-state index contributed by atoms with van der Waals surface area (Å²) in [6.45, 7) is 4.85. The number of aromatic nitrogens is 4. The molecule has 0 radical (unpaired) electrons. The van der Waals surface area contributed by atoms with Gasteiger partial charge in [-0.25, -0.2) is 8.97 Å². The van der Waals surface area contributed by atoms with Crippen LogP contribution < -0.4 is 10.3 Å². The van der Waals surface area contributed by atoms with Crippen molar-refractivity contribution in [3.63, 3.8) is 0 Å². The van der Waals surface area contributed by atoms with E-state index in [0.717, 1.165) is 49.4 Å². The number of nitrogens with zero attached hydrogens (tertiary/aromatic N) is 4. The number of benzene rings is 2. The molecule has 2 aromatic carbocycles. The first-order valence-electron chi connectivity index (χ1n) is 11.9. The van der Waals surface area contributed by atoms with E-state index >= 15 is 0 Å². The first-order chi connectivity index (χ1) is 17.5. The molecule has 36 heavy (non-hydrogen) atoms. The lowest BCUT2D eigenvalue weighted by Gasteiger charge is -2.26. The van der Waals surface area contributed by atoms with Gasteiger partial charge in [-0.15, -0.1) is 21.5 Å². The molecule has 6 rings (SSSR count). The van der Waals surface area contributed by atoms with E-state index in [4.69, 9.17) is 9.47 Å². The van der Waals surface area contributed by atoms with Gasteiger partial charge in [0.15, 0.2) is 5.16 Å². The van der Waals surface area contributed by atoms with Crippen LogP contribution in [0.2, 0.25) is 0 Å². The summed E-state index contributed by atoms with van der Waals surface area (Å²) in [5.74, 6) is 2.36. The monoisotopic (exact) mass is 518 g/mol. The number of fused-ring (bicyclic) bond motifs is 5. The second kappa shape index (κ2) is 9.38. The molecule has 1 unspecified atom stereocenters. The van der Waals surface area contributed by atoms with Crippen molar-refractivity contribution in [3.05, 3.63) is 81.0 Å². The van der Waals surface area contributed by atoms with Gasteiger partial charge in [0.1, 0.15) is 10.6 Å². The minimum absolute atomic E-state index is 0.0726. The number of methoxy groups -OCH3 is 1. The van der Waals surface area contributed by atoms with Gasteiger partial charge in [-0.1, -0.05) is 55.9 Å². The minimum atomic E-state index is -0.0726. The van der Waals surface area contributed by atoms with Crippen molar-refractivity contribution in [1.29, 1.82) is 0 Å². The average Bonchev–Trinajstić information content (AvgIpc) is 3.49. The molecule has 5 aromatic rings. The Labute approximate surface area is 216 Å². The maximum atomic E-state index is 14.1. The van der Waals surface area contributed by atoms with Crippen molar-refractivity contribution < 1.29 is 9.47 Å². The van der Waals surface area contributed by atoms with Crippen molar-refractivity contribution in [1.82, 2.24) is 19.2 Å². The number of thiophene rings is 1. The number of ether oxygens (including phenoxy) is 2. The molecule has 7 nitrogen and oxygen atoms in total. The summed E-state index contributed by atoms with van der Waals surface area (Å²) in [5, 5.41) is 10.6. The zero-order valence-corrected chi connectivity index (χ0v) is 21.9. The van der Waals surface area contributed by atoms with Crippen LogP contribution in [0, 0.1) is 5.92 Å². The summed E-state index contributed by atoms with van der Waals surface area (Å²) in [4.78, 5) is 16.1. The first-order valence-corrected chi connectivity index (χ1v) is 13.7. The topological polar surface area (TPSA) is 70.7 Å². The Morgan fingerprint density at radius 1 is 1.14 bits per heavy atom. The molecule has 9 heteroatoms. The molecule has 0 N–H and O–H groups in total. The maximum Gasteiger partial charge on any atom is 0.268 e. The molecule has 1 aliphatic heterocycles. The third kappa shape index (κ3) is 3.91. The minimum Gasteiger partial charge on any atom is -0.497 e. The Balaban J connectivity index is 1.58. The van der Waals surface area contributed by atoms with E-state index in [0.29, 0.717) is 18.3 Å². The summed E-state index contributed by atoms with van der Waals surface area (Å²) >= 11 is 3.24. The van der Waals surface area contributed by atoms with Gasteiger partial charge in [0.2, 0.25) is 5.78 Å². The Bertz CT molecular complexity index is 1600. The molecule has 1 aliphatic rings. The summed E-state index contributed by atoms with van der Waals surface area (Å²) in [6, 6.07) is 17.8. The molecule has 0 spiro atoms. The molecule has 0 bridgehead atoms. The van der Waals surface area contributed by atoms with Gasteiger partial charge >= 0.3 is 0 Å². The lowest BCUT2D eigenvalue weighted by Crippen LogP contribution is -2.28. The van der Waals surface area contributed by atoms with Gasteiger partial charge in [-0.3, -0.25) is 4.79 Å². The van der Waals surface area contributed by atoms with Gasteiger partial charge in [0, 0.05) is 17.1 Å². The van der Waals surface area contributed by atoms with Crippen LogP contribution >= 0.6 is 23.1 Å². The van der Waals surface area contributed by atoms with Crippen LogP contribution in [0.3, 0.4) is 0 Å². The summed E-state index contributed by atoms with van der Waals surface area (Å²) in [6.07, 6.45) is 0.818. The molecule has 1 atom stereocenters. The smallest absolute Gasteiger partial charge is 0.268 e. The Morgan fingerprint density at radius 3 is 2.64 bits per heavy atom. The second-order valence-corrected chi connectivity index (χ2v) is 11.2. The molecule has 0 saturated heterocycles. The van der Waals surface area contributed by atoms with Crippen molar-refractivity contribution in [2.45, 2.75) is 43.9 Å². The van der Waals surface area contributed by atoms with E-state index in [9.17, 15) is 4.79 Å². The van der Waals surface area contributed by atoms with Gasteiger partial charge < -0.3 is 9.47 Å². The Kier molecular flexibility index (Phi) is 6.07. The normalized spacial score (nSPS) is 15.6. The summed E-state index contributed by atoms with van der Waals surface area (Å²) < 4.78 is 15.2. The van der Waals surface area contributed by atoms with Gasteiger partial charge in [-0.05, 0) is 41.3 Å². The zero-order valence-electron chi connectivity index (χ0n) is 20.3. The van der Waals surface area contributed by atoms with E-state index in [1.165, 1.54) is 5.56 Å². The highest BCUT2D eigenvalue weighted by Crippen LogP contribution is 2.38. The molecular weight excluding hydrogens is 492 g/mol. The molecule has 0 aliphatic carbocycles. The summed E-state index contributed by atoms with van der Waals surface area (Å²) in [5.41, 5.74) is 2.96. The lowest BCUT2D eigenvalue weighted by molar-refractivity contribution is 0.00200. The molecular formula is C27H26N4O3S2.